The van der Waals surface area contributed by atoms with Gasteiger partial charge < -0.3 is 10.1 Å². The second-order valence-electron chi connectivity index (χ2n) is 10.2. The van der Waals surface area contributed by atoms with Crippen molar-refractivity contribution in [1.82, 2.24) is 5.32 Å². The van der Waals surface area contributed by atoms with Crippen LogP contribution in [0.3, 0.4) is 0 Å². The summed E-state index contributed by atoms with van der Waals surface area (Å²) in [5.41, 5.74) is 5.24. The van der Waals surface area contributed by atoms with E-state index in [2.05, 4.69) is 38.2 Å². The molecule has 0 saturated carbocycles. The van der Waals surface area contributed by atoms with Crippen LogP contribution in [0.25, 0.3) is 0 Å². The Morgan fingerprint density at radius 2 is 1.50 bits per heavy atom. The van der Waals surface area contributed by atoms with Crippen LogP contribution in [0.15, 0.2) is 66.7 Å². The number of nitrogens with zero attached hydrogens (tertiary/aromatic N) is 1. The lowest BCUT2D eigenvalue weighted by Crippen LogP contribution is -2.30. The number of hydrogen-bond acceptors (Lipinski definition) is 4. The molecule has 0 saturated heterocycles. The summed E-state index contributed by atoms with van der Waals surface area (Å²) >= 11 is 0. The quantitative estimate of drug-likeness (QED) is 0.394. The summed E-state index contributed by atoms with van der Waals surface area (Å²) in [5, 5.41) is 2.86. The minimum Gasteiger partial charge on any atom is -0.492 e. The van der Waals surface area contributed by atoms with Crippen LogP contribution in [0.2, 0.25) is 0 Å². The molecule has 0 aromatic heterocycles. The molecule has 7 heteroatoms. The van der Waals surface area contributed by atoms with Gasteiger partial charge >= 0.3 is 0 Å². The number of sulfonamides is 1. The van der Waals surface area contributed by atoms with Crippen molar-refractivity contribution in [3.8, 4) is 5.75 Å². The van der Waals surface area contributed by atoms with Gasteiger partial charge in [0.05, 0.1) is 25.0 Å². The molecule has 3 rings (SSSR count). The fourth-order valence-corrected chi connectivity index (χ4v) is 4.78. The van der Waals surface area contributed by atoms with E-state index in [1.54, 1.807) is 24.3 Å². The second-order valence-corrected chi connectivity index (χ2v) is 12.1. The molecule has 0 bridgehead atoms. The van der Waals surface area contributed by atoms with E-state index >= 15 is 0 Å². The van der Waals surface area contributed by atoms with Crippen LogP contribution < -0.4 is 14.4 Å². The van der Waals surface area contributed by atoms with Gasteiger partial charge in [-0.15, -0.1) is 0 Å². The number of carbonyl (C=O) groups excluding carboxylic acids is 1. The van der Waals surface area contributed by atoms with Gasteiger partial charge in [-0.05, 0) is 77.9 Å². The maximum Gasteiger partial charge on any atom is 0.251 e. The normalized spacial score (nSPS) is 11.7. The number of carbonyl (C=O) groups is 1. The summed E-state index contributed by atoms with van der Waals surface area (Å²) in [6.07, 6.45) is 1.20. The molecule has 192 valence electrons. The van der Waals surface area contributed by atoms with Crippen LogP contribution in [-0.2, 0) is 22.0 Å². The molecule has 3 aromatic carbocycles. The van der Waals surface area contributed by atoms with Gasteiger partial charge in [-0.25, -0.2) is 8.42 Å². The zero-order chi connectivity index (χ0) is 26.5. The minimum absolute atomic E-state index is 0.0881. The SMILES string of the molecule is Cc1cc(C)cc(N(Cc2ccc(C(=O)NCCOc3ccc(C(C)(C)C)cc3)cc2)S(C)(=O)=O)c1. The molecule has 0 aliphatic rings. The Labute approximate surface area is 215 Å². The number of ether oxygens (including phenoxy) is 1. The van der Waals surface area contributed by atoms with Crippen molar-refractivity contribution in [2.24, 2.45) is 0 Å². The van der Waals surface area contributed by atoms with E-state index in [-0.39, 0.29) is 17.9 Å². The third kappa shape index (κ3) is 7.59. The molecule has 0 spiro atoms. The summed E-state index contributed by atoms with van der Waals surface area (Å²) in [6.45, 7) is 11.3. The summed E-state index contributed by atoms with van der Waals surface area (Å²) in [5.74, 6) is 0.559. The van der Waals surface area contributed by atoms with Crippen molar-refractivity contribution in [2.75, 3.05) is 23.7 Å². The van der Waals surface area contributed by atoms with Crippen molar-refractivity contribution < 1.29 is 17.9 Å². The van der Waals surface area contributed by atoms with Gasteiger partial charge in [-0.1, -0.05) is 51.1 Å². The molecule has 0 unspecified atom stereocenters. The maximum absolute atomic E-state index is 12.5. The van der Waals surface area contributed by atoms with Crippen molar-refractivity contribution in [3.05, 3.63) is 94.5 Å². The van der Waals surface area contributed by atoms with Crippen LogP contribution in [-0.4, -0.2) is 33.7 Å². The van der Waals surface area contributed by atoms with Crippen molar-refractivity contribution in [1.29, 1.82) is 0 Å². The first-order valence-electron chi connectivity index (χ1n) is 12.0. The average molecular weight is 509 g/mol. The molecule has 36 heavy (non-hydrogen) atoms. The molecular formula is C29H36N2O4S. The lowest BCUT2D eigenvalue weighted by molar-refractivity contribution is 0.0947. The molecule has 6 nitrogen and oxygen atoms in total. The second kappa shape index (κ2) is 11.2. The van der Waals surface area contributed by atoms with Crippen LogP contribution in [0.5, 0.6) is 5.75 Å². The van der Waals surface area contributed by atoms with Gasteiger partial charge in [-0.3, -0.25) is 9.10 Å². The Kier molecular flexibility index (Phi) is 8.46. The first-order chi connectivity index (χ1) is 16.8. The van der Waals surface area contributed by atoms with Crippen molar-refractivity contribution in [3.63, 3.8) is 0 Å². The topological polar surface area (TPSA) is 75.7 Å². The highest BCUT2D eigenvalue weighted by atomic mass is 32.2. The standard InChI is InChI=1S/C29H36N2O4S/c1-21-17-22(2)19-26(18-21)31(36(6,33)34)20-23-7-9-24(10-8-23)28(32)30-15-16-35-27-13-11-25(12-14-27)29(3,4)5/h7-14,17-19H,15-16,20H2,1-6H3,(H,30,32). The number of amides is 1. The van der Waals surface area contributed by atoms with Crippen LogP contribution in [0.4, 0.5) is 5.69 Å². The van der Waals surface area contributed by atoms with E-state index in [0.717, 1.165) is 22.4 Å². The van der Waals surface area contributed by atoms with Gasteiger partial charge in [-0.2, -0.15) is 0 Å². The third-order valence-electron chi connectivity index (χ3n) is 5.81. The summed E-state index contributed by atoms with van der Waals surface area (Å²) in [7, 11) is -3.48. The zero-order valence-electron chi connectivity index (χ0n) is 22.0. The highest BCUT2D eigenvalue weighted by Crippen LogP contribution is 2.25. The largest absolute Gasteiger partial charge is 0.492 e. The zero-order valence-corrected chi connectivity index (χ0v) is 22.8. The van der Waals surface area contributed by atoms with Crippen molar-refractivity contribution >= 4 is 21.6 Å². The van der Waals surface area contributed by atoms with Gasteiger partial charge in [0, 0.05) is 5.56 Å². The molecule has 0 heterocycles. The molecule has 0 aliphatic carbocycles. The highest BCUT2D eigenvalue weighted by Gasteiger charge is 2.19. The molecule has 0 fully saturated rings. The number of aryl methyl sites for hydroxylation is 2. The Bertz CT molecular complexity index is 1270. The molecule has 1 amide bonds. The first-order valence-corrected chi connectivity index (χ1v) is 13.8. The van der Waals surface area contributed by atoms with Crippen LogP contribution >= 0.6 is 0 Å². The van der Waals surface area contributed by atoms with Crippen LogP contribution in [0, 0.1) is 13.8 Å². The van der Waals surface area contributed by atoms with E-state index in [4.69, 9.17) is 4.74 Å². The van der Waals surface area contributed by atoms with Gasteiger partial charge in [0.15, 0.2) is 0 Å². The number of benzene rings is 3. The molecule has 0 radical (unpaired) electrons. The predicted octanol–water partition coefficient (Wildman–Crippen LogP) is 5.38. The van der Waals surface area contributed by atoms with E-state index in [0.29, 0.717) is 24.4 Å². The molecule has 0 aliphatic heterocycles. The summed E-state index contributed by atoms with van der Waals surface area (Å²) in [4.78, 5) is 12.5. The van der Waals surface area contributed by atoms with Gasteiger partial charge in [0.2, 0.25) is 10.0 Å². The number of hydrogen-bond donors (Lipinski definition) is 1. The highest BCUT2D eigenvalue weighted by molar-refractivity contribution is 7.92. The Morgan fingerprint density at radius 1 is 0.917 bits per heavy atom. The lowest BCUT2D eigenvalue weighted by Gasteiger charge is -2.23. The molecule has 3 aromatic rings. The third-order valence-corrected chi connectivity index (χ3v) is 6.95. The minimum atomic E-state index is -3.48. The number of rotatable bonds is 9. The fraction of sp³-hybridized carbons (Fsp3) is 0.345. The molecule has 0 atom stereocenters. The lowest BCUT2D eigenvalue weighted by atomic mass is 9.87. The molecular weight excluding hydrogens is 472 g/mol. The predicted molar refractivity (Wildman–Crippen MR) is 146 cm³/mol. The summed E-state index contributed by atoms with van der Waals surface area (Å²) in [6, 6.07) is 20.7. The van der Waals surface area contributed by atoms with Crippen molar-refractivity contribution in [2.45, 2.75) is 46.6 Å². The van der Waals surface area contributed by atoms with E-state index in [1.807, 2.05) is 44.2 Å². The Hall–Kier alpha value is -3.32. The number of anilines is 1. The monoisotopic (exact) mass is 508 g/mol. The van der Waals surface area contributed by atoms with Gasteiger partial charge in [0.1, 0.15) is 12.4 Å². The van der Waals surface area contributed by atoms with Crippen LogP contribution in [0.1, 0.15) is 53.4 Å². The van der Waals surface area contributed by atoms with E-state index < -0.39 is 10.0 Å². The van der Waals surface area contributed by atoms with E-state index in [1.165, 1.54) is 16.1 Å². The van der Waals surface area contributed by atoms with Gasteiger partial charge in [0.25, 0.3) is 5.91 Å². The summed E-state index contributed by atoms with van der Waals surface area (Å²) < 4.78 is 32.1. The Balaban J connectivity index is 1.56. The smallest absolute Gasteiger partial charge is 0.251 e. The first kappa shape index (κ1) is 27.3. The van der Waals surface area contributed by atoms with E-state index in [9.17, 15) is 13.2 Å². The molecule has 1 N–H and O–H groups in total. The fourth-order valence-electron chi connectivity index (χ4n) is 3.91. The maximum atomic E-state index is 12.5. The average Bonchev–Trinajstić information content (AvgIpc) is 2.79. The Morgan fingerprint density at radius 3 is 2.03 bits per heavy atom. The number of nitrogens with one attached hydrogen (secondary N) is 1.